The van der Waals surface area contributed by atoms with E-state index in [1.165, 1.54) is 0 Å². The van der Waals surface area contributed by atoms with E-state index >= 15 is 0 Å². The zero-order chi connectivity index (χ0) is 20.6. The van der Waals surface area contributed by atoms with Crippen molar-refractivity contribution < 1.29 is 9.59 Å². The molecule has 2 aromatic carbocycles. The molecule has 7 nitrogen and oxygen atoms in total. The van der Waals surface area contributed by atoms with E-state index in [1.807, 2.05) is 55.4 Å². The second-order valence-corrected chi connectivity index (χ2v) is 6.61. The van der Waals surface area contributed by atoms with Crippen LogP contribution in [0.25, 0.3) is 0 Å². The monoisotopic (exact) mass is 389 g/mol. The number of benzene rings is 2. The number of pyridine rings is 1. The number of rotatable bonds is 6. The third-order valence-corrected chi connectivity index (χ3v) is 4.24. The fourth-order valence-electron chi connectivity index (χ4n) is 2.73. The van der Waals surface area contributed by atoms with Crippen LogP contribution in [0.1, 0.15) is 15.9 Å². The summed E-state index contributed by atoms with van der Waals surface area (Å²) < 4.78 is 0. The number of carbonyl (C=O) groups is 2. The molecular formula is C22H23N5O2. The summed E-state index contributed by atoms with van der Waals surface area (Å²) in [6.45, 7) is 0.403. The summed E-state index contributed by atoms with van der Waals surface area (Å²) in [5, 5.41) is 8.44. The van der Waals surface area contributed by atoms with Gasteiger partial charge in [0.05, 0.1) is 11.4 Å². The Morgan fingerprint density at radius 1 is 0.897 bits per heavy atom. The predicted octanol–water partition coefficient (Wildman–Crippen LogP) is 3.72. The molecule has 0 atom stereocenters. The van der Waals surface area contributed by atoms with Gasteiger partial charge in [0.15, 0.2) is 0 Å². The highest BCUT2D eigenvalue weighted by molar-refractivity contribution is 6.06. The molecule has 0 spiro atoms. The first-order valence-electron chi connectivity index (χ1n) is 9.14. The van der Waals surface area contributed by atoms with Gasteiger partial charge in [-0.1, -0.05) is 12.1 Å². The molecule has 0 fully saturated rings. The summed E-state index contributed by atoms with van der Waals surface area (Å²) in [6, 6.07) is 17.7. The summed E-state index contributed by atoms with van der Waals surface area (Å²) in [5.74, 6) is -0.215. The lowest BCUT2D eigenvalue weighted by atomic mass is 10.1. The molecule has 0 aliphatic carbocycles. The first kappa shape index (κ1) is 19.9. The summed E-state index contributed by atoms with van der Waals surface area (Å²) in [6.07, 6.45) is 3.35. The Morgan fingerprint density at radius 3 is 2.28 bits per heavy atom. The zero-order valence-electron chi connectivity index (χ0n) is 16.3. The van der Waals surface area contributed by atoms with Crippen molar-refractivity contribution in [2.45, 2.75) is 6.54 Å². The van der Waals surface area contributed by atoms with Gasteiger partial charge in [-0.25, -0.2) is 4.79 Å². The lowest BCUT2D eigenvalue weighted by Crippen LogP contribution is -2.28. The molecule has 7 heteroatoms. The van der Waals surface area contributed by atoms with Gasteiger partial charge in [0.25, 0.3) is 5.91 Å². The average molecular weight is 389 g/mol. The highest BCUT2D eigenvalue weighted by atomic mass is 16.2. The number of nitrogens with zero attached hydrogens (tertiary/aromatic N) is 2. The Hall–Kier alpha value is -3.87. The van der Waals surface area contributed by atoms with Crippen LogP contribution in [0.2, 0.25) is 0 Å². The van der Waals surface area contributed by atoms with Gasteiger partial charge >= 0.3 is 6.03 Å². The van der Waals surface area contributed by atoms with Crippen LogP contribution < -0.4 is 20.9 Å². The molecule has 0 unspecified atom stereocenters. The minimum atomic E-state index is -0.320. The number of aromatic nitrogens is 1. The van der Waals surface area contributed by atoms with Crippen LogP contribution in [-0.4, -0.2) is 31.0 Å². The van der Waals surface area contributed by atoms with Gasteiger partial charge in [-0.05, 0) is 54.1 Å². The van der Waals surface area contributed by atoms with Crippen molar-refractivity contribution in [3.05, 3.63) is 84.2 Å². The molecule has 29 heavy (non-hydrogen) atoms. The van der Waals surface area contributed by atoms with Crippen LogP contribution in [0.5, 0.6) is 0 Å². The van der Waals surface area contributed by atoms with Crippen molar-refractivity contribution in [2.75, 3.05) is 29.6 Å². The summed E-state index contributed by atoms with van der Waals surface area (Å²) in [7, 11) is 3.84. The molecule has 1 aromatic heterocycles. The van der Waals surface area contributed by atoms with E-state index in [4.69, 9.17) is 0 Å². The quantitative estimate of drug-likeness (QED) is 0.600. The molecule has 3 rings (SSSR count). The molecule has 3 amide bonds. The Labute approximate surface area is 169 Å². The van der Waals surface area contributed by atoms with Crippen molar-refractivity contribution in [3.63, 3.8) is 0 Å². The normalized spacial score (nSPS) is 10.1. The van der Waals surface area contributed by atoms with Crippen LogP contribution in [0.4, 0.5) is 21.9 Å². The Bertz CT molecular complexity index is 972. The van der Waals surface area contributed by atoms with E-state index in [0.29, 0.717) is 17.8 Å². The number of para-hydroxylation sites is 2. The fraction of sp³-hybridized carbons (Fsp3) is 0.136. The molecule has 148 valence electrons. The molecular weight excluding hydrogens is 366 g/mol. The maximum Gasteiger partial charge on any atom is 0.319 e. The molecule has 3 aromatic rings. The fourth-order valence-corrected chi connectivity index (χ4v) is 2.73. The van der Waals surface area contributed by atoms with Gasteiger partial charge in [0.2, 0.25) is 0 Å². The maximum absolute atomic E-state index is 12.5. The smallest absolute Gasteiger partial charge is 0.319 e. The van der Waals surface area contributed by atoms with E-state index in [2.05, 4.69) is 20.9 Å². The summed E-state index contributed by atoms with van der Waals surface area (Å²) in [5.41, 5.74) is 3.72. The number of anilines is 3. The third-order valence-electron chi connectivity index (χ3n) is 4.24. The van der Waals surface area contributed by atoms with Gasteiger partial charge in [0, 0.05) is 44.3 Å². The molecule has 1 heterocycles. The van der Waals surface area contributed by atoms with Crippen molar-refractivity contribution >= 4 is 29.0 Å². The lowest BCUT2D eigenvalue weighted by Gasteiger charge is -2.17. The van der Waals surface area contributed by atoms with Crippen molar-refractivity contribution in [2.24, 2.45) is 0 Å². The van der Waals surface area contributed by atoms with Gasteiger partial charge in [-0.15, -0.1) is 0 Å². The number of urea groups is 1. The van der Waals surface area contributed by atoms with Gasteiger partial charge in [-0.3, -0.25) is 9.78 Å². The molecule has 3 N–H and O–H groups in total. The SMILES string of the molecule is CN(C)c1ccccc1NC(=O)c1ccc(NC(=O)NCc2ccncc2)cc1. The summed E-state index contributed by atoms with van der Waals surface area (Å²) in [4.78, 5) is 30.4. The second kappa shape index (κ2) is 9.36. The first-order valence-corrected chi connectivity index (χ1v) is 9.14. The van der Waals surface area contributed by atoms with Crippen molar-refractivity contribution in [1.82, 2.24) is 10.3 Å². The van der Waals surface area contributed by atoms with Crippen LogP contribution in [0, 0.1) is 0 Å². The lowest BCUT2D eigenvalue weighted by molar-refractivity contribution is 0.102. The average Bonchev–Trinajstić information content (AvgIpc) is 2.74. The highest BCUT2D eigenvalue weighted by Gasteiger charge is 2.10. The van der Waals surface area contributed by atoms with E-state index in [9.17, 15) is 9.59 Å². The van der Waals surface area contributed by atoms with Gasteiger partial charge < -0.3 is 20.9 Å². The maximum atomic E-state index is 12.5. The molecule has 0 radical (unpaired) electrons. The summed E-state index contributed by atoms with van der Waals surface area (Å²) >= 11 is 0. The Balaban J connectivity index is 1.57. The van der Waals surface area contributed by atoms with E-state index < -0.39 is 0 Å². The highest BCUT2D eigenvalue weighted by Crippen LogP contribution is 2.24. The number of carbonyl (C=O) groups excluding carboxylic acids is 2. The minimum absolute atomic E-state index is 0.215. The van der Waals surface area contributed by atoms with Gasteiger partial charge in [0.1, 0.15) is 0 Å². The molecule has 0 aliphatic rings. The molecule has 0 saturated heterocycles. The predicted molar refractivity (Wildman–Crippen MR) is 115 cm³/mol. The molecule has 0 aliphatic heterocycles. The van der Waals surface area contributed by atoms with Crippen LogP contribution in [0.15, 0.2) is 73.1 Å². The number of amides is 3. The zero-order valence-corrected chi connectivity index (χ0v) is 16.3. The number of hydrogen-bond donors (Lipinski definition) is 3. The largest absolute Gasteiger partial charge is 0.376 e. The number of hydrogen-bond acceptors (Lipinski definition) is 4. The minimum Gasteiger partial charge on any atom is -0.376 e. The van der Waals surface area contributed by atoms with Crippen molar-refractivity contribution in [3.8, 4) is 0 Å². The van der Waals surface area contributed by atoms with E-state index in [0.717, 1.165) is 16.9 Å². The van der Waals surface area contributed by atoms with E-state index in [-0.39, 0.29) is 11.9 Å². The number of nitrogens with one attached hydrogen (secondary N) is 3. The van der Waals surface area contributed by atoms with Crippen LogP contribution in [0.3, 0.4) is 0 Å². The second-order valence-electron chi connectivity index (χ2n) is 6.61. The van der Waals surface area contributed by atoms with Gasteiger partial charge in [-0.2, -0.15) is 0 Å². The van der Waals surface area contributed by atoms with Crippen molar-refractivity contribution in [1.29, 1.82) is 0 Å². The van der Waals surface area contributed by atoms with E-state index in [1.54, 1.807) is 36.7 Å². The Kier molecular flexibility index (Phi) is 6.42. The topological polar surface area (TPSA) is 86.4 Å². The molecule has 0 saturated carbocycles. The first-order chi connectivity index (χ1) is 14.0. The third kappa shape index (κ3) is 5.55. The van der Waals surface area contributed by atoms with Crippen LogP contribution in [-0.2, 0) is 6.54 Å². The van der Waals surface area contributed by atoms with Crippen LogP contribution >= 0.6 is 0 Å². The Morgan fingerprint density at radius 2 is 1.59 bits per heavy atom. The standard InChI is InChI=1S/C22H23N5O2/c1-27(2)20-6-4-3-5-19(20)26-21(28)17-7-9-18(10-8-17)25-22(29)24-15-16-11-13-23-14-12-16/h3-14H,15H2,1-2H3,(H,26,28)(H2,24,25,29). The molecule has 0 bridgehead atoms.